The van der Waals surface area contributed by atoms with E-state index in [1.54, 1.807) is 0 Å². The minimum atomic E-state index is 0.535. The molecule has 0 amide bonds. The first kappa shape index (κ1) is 19.0. The van der Waals surface area contributed by atoms with Gasteiger partial charge in [0.2, 0.25) is 0 Å². The van der Waals surface area contributed by atoms with E-state index in [0.29, 0.717) is 11.5 Å². The standard InChI is InChI=1S/C19H40N2/c1-4-5-6-7-8-9-10-12-18(17-20)21-15-11-13-19(2,3)14-16-21/h18H,4-17,20H2,1-3H3. The maximum Gasteiger partial charge on any atom is 0.0218 e. The SMILES string of the molecule is CCCCCCCCCC(CN)N1CCCC(C)(C)CC1. The summed E-state index contributed by atoms with van der Waals surface area (Å²) in [7, 11) is 0. The molecule has 0 bridgehead atoms. The summed E-state index contributed by atoms with van der Waals surface area (Å²) in [6.07, 6.45) is 15.2. The van der Waals surface area contributed by atoms with Crippen LogP contribution >= 0.6 is 0 Å². The number of nitrogens with zero attached hydrogens (tertiary/aromatic N) is 1. The van der Waals surface area contributed by atoms with E-state index < -0.39 is 0 Å². The molecule has 0 saturated carbocycles. The molecule has 2 nitrogen and oxygen atoms in total. The Morgan fingerprint density at radius 2 is 1.62 bits per heavy atom. The van der Waals surface area contributed by atoms with Gasteiger partial charge in [-0.25, -0.2) is 0 Å². The molecule has 1 fully saturated rings. The fourth-order valence-corrected chi connectivity index (χ4v) is 3.60. The molecular weight excluding hydrogens is 256 g/mol. The summed E-state index contributed by atoms with van der Waals surface area (Å²) < 4.78 is 0. The minimum Gasteiger partial charge on any atom is -0.329 e. The van der Waals surface area contributed by atoms with Gasteiger partial charge in [0.05, 0.1) is 0 Å². The van der Waals surface area contributed by atoms with E-state index in [-0.39, 0.29) is 0 Å². The molecule has 2 heteroatoms. The lowest BCUT2D eigenvalue weighted by Gasteiger charge is -2.30. The van der Waals surface area contributed by atoms with Crippen molar-refractivity contribution in [2.75, 3.05) is 19.6 Å². The molecule has 1 aliphatic rings. The first-order valence-electron chi connectivity index (χ1n) is 9.53. The zero-order valence-electron chi connectivity index (χ0n) is 15.0. The van der Waals surface area contributed by atoms with Gasteiger partial charge in [0, 0.05) is 12.6 Å². The van der Waals surface area contributed by atoms with Crippen LogP contribution in [0.4, 0.5) is 0 Å². The van der Waals surface area contributed by atoms with Crippen molar-refractivity contribution in [1.29, 1.82) is 0 Å². The molecule has 0 radical (unpaired) electrons. The van der Waals surface area contributed by atoms with Crippen LogP contribution in [0.5, 0.6) is 0 Å². The summed E-state index contributed by atoms with van der Waals surface area (Å²) >= 11 is 0. The van der Waals surface area contributed by atoms with E-state index in [1.807, 2.05) is 0 Å². The Labute approximate surface area is 133 Å². The second-order valence-electron chi connectivity index (χ2n) is 7.85. The maximum absolute atomic E-state index is 6.06. The van der Waals surface area contributed by atoms with Gasteiger partial charge in [0.25, 0.3) is 0 Å². The van der Waals surface area contributed by atoms with Gasteiger partial charge in [-0.15, -0.1) is 0 Å². The molecule has 1 saturated heterocycles. The zero-order valence-corrected chi connectivity index (χ0v) is 15.0. The summed E-state index contributed by atoms with van der Waals surface area (Å²) in [5.41, 5.74) is 6.60. The lowest BCUT2D eigenvalue weighted by molar-refractivity contribution is 0.186. The van der Waals surface area contributed by atoms with Crippen molar-refractivity contribution in [1.82, 2.24) is 4.90 Å². The fourth-order valence-electron chi connectivity index (χ4n) is 3.60. The third-order valence-electron chi connectivity index (χ3n) is 5.30. The van der Waals surface area contributed by atoms with E-state index >= 15 is 0 Å². The van der Waals surface area contributed by atoms with Gasteiger partial charge in [0.1, 0.15) is 0 Å². The van der Waals surface area contributed by atoms with Crippen LogP contribution in [-0.4, -0.2) is 30.6 Å². The van der Waals surface area contributed by atoms with Crippen molar-refractivity contribution < 1.29 is 0 Å². The maximum atomic E-state index is 6.06. The van der Waals surface area contributed by atoms with Gasteiger partial charge in [-0.1, -0.05) is 65.7 Å². The van der Waals surface area contributed by atoms with Crippen LogP contribution in [0, 0.1) is 5.41 Å². The molecule has 0 aliphatic carbocycles. The highest BCUT2D eigenvalue weighted by Gasteiger charge is 2.26. The third kappa shape index (κ3) is 8.21. The number of hydrogen-bond donors (Lipinski definition) is 1. The van der Waals surface area contributed by atoms with E-state index in [4.69, 9.17) is 5.73 Å². The normalized spacial score (nSPS) is 21.1. The van der Waals surface area contributed by atoms with Crippen LogP contribution in [0.1, 0.15) is 91.4 Å². The van der Waals surface area contributed by atoms with E-state index in [0.717, 1.165) is 6.54 Å². The van der Waals surface area contributed by atoms with Crippen molar-refractivity contribution in [2.45, 2.75) is 97.4 Å². The van der Waals surface area contributed by atoms with Gasteiger partial charge < -0.3 is 5.73 Å². The topological polar surface area (TPSA) is 29.3 Å². The van der Waals surface area contributed by atoms with Crippen LogP contribution in [0.3, 0.4) is 0 Å². The number of hydrogen-bond acceptors (Lipinski definition) is 2. The zero-order chi connectivity index (χ0) is 15.6. The molecule has 1 aliphatic heterocycles. The van der Waals surface area contributed by atoms with Crippen LogP contribution in [0.2, 0.25) is 0 Å². The number of likely N-dealkylation sites (tertiary alicyclic amines) is 1. The van der Waals surface area contributed by atoms with Gasteiger partial charge in [-0.05, 0) is 44.2 Å². The third-order valence-corrected chi connectivity index (χ3v) is 5.30. The van der Waals surface area contributed by atoms with E-state index in [2.05, 4.69) is 25.7 Å². The van der Waals surface area contributed by atoms with Gasteiger partial charge in [0.15, 0.2) is 0 Å². The predicted molar refractivity (Wildman–Crippen MR) is 94.7 cm³/mol. The Balaban J connectivity index is 2.18. The number of unbranched alkanes of at least 4 members (excludes halogenated alkanes) is 6. The highest BCUT2D eigenvalue weighted by Crippen LogP contribution is 2.30. The molecule has 21 heavy (non-hydrogen) atoms. The summed E-state index contributed by atoms with van der Waals surface area (Å²) in [4.78, 5) is 2.69. The highest BCUT2D eigenvalue weighted by atomic mass is 15.2. The van der Waals surface area contributed by atoms with Gasteiger partial charge >= 0.3 is 0 Å². The number of rotatable bonds is 10. The average Bonchev–Trinajstić information content (AvgIpc) is 2.63. The fraction of sp³-hybridized carbons (Fsp3) is 1.00. The molecule has 0 spiro atoms. The van der Waals surface area contributed by atoms with Crippen LogP contribution in [0.25, 0.3) is 0 Å². The molecule has 1 rings (SSSR count). The molecule has 1 unspecified atom stereocenters. The molecule has 1 atom stereocenters. The lowest BCUT2D eigenvalue weighted by Crippen LogP contribution is -2.41. The van der Waals surface area contributed by atoms with Gasteiger partial charge in [-0.3, -0.25) is 4.90 Å². The summed E-state index contributed by atoms with van der Waals surface area (Å²) in [6, 6.07) is 0.634. The van der Waals surface area contributed by atoms with Crippen molar-refractivity contribution in [3.63, 3.8) is 0 Å². The second kappa shape index (κ2) is 10.6. The monoisotopic (exact) mass is 296 g/mol. The quantitative estimate of drug-likeness (QED) is 0.577. The summed E-state index contributed by atoms with van der Waals surface area (Å²) in [6.45, 7) is 10.5. The first-order valence-corrected chi connectivity index (χ1v) is 9.53. The van der Waals surface area contributed by atoms with Crippen molar-refractivity contribution >= 4 is 0 Å². The Morgan fingerprint density at radius 1 is 0.952 bits per heavy atom. The predicted octanol–water partition coefficient (Wildman–Crippen LogP) is 4.97. The summed E-state index contributed by atoms with van der Waals surface area (Å²) in [5, 5.41) is 0. The van der Waals surface area contributed by atoms with E-state index in [1.165, 1.54) is 83.7 Å². The Morgan fingerprint density at radius 3 is 2.29 bits per heavy atom. The van der Waals surface area contributed by atoms with Crippen LogP contribution in [0.15, 0.2) is 0 Å². The van der Waals surface area contributed by atoms with Crippen LogP contribution < -0.4 is 5.73 Å². The minimum absolute atomic E-state index is 0.535. The molecule has 0 aromatic rings. The first-order chi connectivity index (χ1) is 10.1. The molecule has 2 N–H and O–H groups in total. The second-order valence-corrected chi connectivity index (χ2v) is 7.85. The molecular formula is C19H40N2. The smallest absolute Gasteiger partial charge is 0.0218 e. The molecule has 0 aromatic heterocycles. The molecule has 126 valence electrons. The lowest BCUT2D eigenvalue weighted by atomic mass is 9.85. The Kier molecular flexibility index (Phi) is 9.59. The van der Waals surface area contributed by atoms with Crippen molar-refractivity contribution in [3.8, 4) is 0 Å². The van der Waals surface area contributed by atoms with Gasteiger partial charge in [-0.2, -0.15) is 0 Å². The largest absolute Gasteiger partial charge is 0.329 e. The molecule has 1 heterocycles. The average molecular weight is 297 g/mol. The Bertz CT molecular complexity index is 250. The van der Waals surface area contributed by atoms with Crippen LogP contribution in [-0.2, 0) is 0 Å². The summed E-state index contributed by atoms with van der Waals surface area (Å²) in [5.74, 6) is 0. The molecule has 0 aromatic carbocycles. The van der Waals surface area contributed by atoms with E-state index in [9.17, 15) is 0 Å². The van der Waals surface area contributed by atoms with Crippen molar-refractivity contribution in [3.05, 3.63) is 0 Å². The van der Waals surface area contributed by atoms with Crippen molar-refractivity contribution in [2.24, 2.45) is 11.1 Å². The number of nitrogens with two attached hydrogens (primary N) is 1. The highest BCUT2D eigenvalue weighted by molar-refractivity contribution is 4.80. The Hall–Kier alpha value is -0.0800.